The monoisotopic (exact) mass is 348 g/mol. The molecule has 134 valence electrons. The van der Waals surface area contributed by atoms with Crippen molar-refractivity contribution >= 4 is 11.6 Å². The SMILES string of the molecule is Cc1nc(C2CCCN(c3cccc(C#N)n3)C2)cc(N2CCCC2)n1. The molecule has 2 aromatic rings. The van der Waals surface area contributed by atoms with Crippen LogP contribution >= 0.6 is 0 Å². The van der Waals surface area contributed by atoms with Crippen LogP contribution in [0.4, 0.5) is 11.6 Å². The molecule has 1 atom stereocenters. The van der Waals surface area contributed by atoms with Gasteiger partial charge in [0.15, 0.2) is 0 Å². The minimum Gasteiger partial charge on any atom is -0.357 e. The topological polar surface area (TPSA) is 68.9 Å². The number of nitrogens with zero attached hydrogens (tertiary/aromatic N) is 6. The number of aryl methyl sites for hydroxylation is 1. The molecule has 0 bridgehead atoms. The van der Waals surface area contributed by atoms with Gasteiger partial charge in [-0.1, -0.05) is 6.07 Å². The summed E-state index contributed by atoms with van der Waals surface area (Å²) in [4.78, 5) is 18.5. The van der Waals surface area contributed by atoms with Crippen LogP contribution in [0.2, 0.25) is 0 Å². The molecule has 2 fully saturated rings. The average Bonchev–Trinajstić information content (AvgIpc) is 3.23. The van der Waals surface area contributed by atoms with Crippen LogP contribution in [0, 0.1) is 18.3 Å². The predicted molar refractivity (Wildman–Crippen MR) is 101 cm³/mol. The highest BCUT2D eigenvalue weighted by Crippen LogP contribution is 2.30. The molecular weight excluding hydrogens is 324 g/mol. The number of piperidine rings is 1. The summed E-state index contributed by atoms with van der Waals surface area (Å²) in [6.07, 6.45) is 4.72. The lowest BCUT2D eigenvalue weighted by atomic mass is 9.94. The quantitative estimate of drug-likeness (QED) is 0.849. The van der Waals surface area contributed by atoms with Crippen LogP contribution < -0.4 is 9.80 Å². The Balaban J connectivity index is 1.57. The van der Waals surface area contributed by atoms with E-state index < -0.39 is 0 Å². The first kappa shape index (κ1) is 16.8. The first-order chi connectivity index (χ1) is 12.7. The van der Waals surface area contributed by atoms with E-state index in [9.17, 15) is 0 Å². The van der Waals surface area contributed by atoms with Crippen LogP contribution in [0.25, 0.3) is 0 Å². The van der Waals surface area contributed by atoms with Gasteiger partial charge in [-0.3, -0.25) is 0 Å². The van der Waals surface area contributed by atoms with E-state index in [0.717, 1.165) is 62.2 Å². The Morgan fingerprint density at radius 1 is 1.00 bits per heavy atom. The lowest BCUT2D eigenvalue weighted by molar-refractivity contribution is 0.497. The smallest absolute Gasteiger partial charge is 0.142 e. The minimum absolute atomic E-state index is 0.374. The molecule has 0 radical (unpaired) electrons. The van der Waals surface area contributed by atoms with E-state index in [1.54, 1.807) is 6.07 Å². The van der Waals surface area contributed by atoms with Gasteiger partial charge in [-0.15, -0.1) is 0 Å². The number of nitriles is 1. The second kappa shape index (κ2) is 7.28. The largest absolute Gasteiger partial charge is 0.357 e. The average molecular weight is 348 g/mol. The zero-order valence-corrected chi connectivity index (χ0v) is 15.2. The summed E-state index contributed by atoms with van der Waals surface area (Å²) < 4.78 is 0. The number of hydrogen-bond acceptors (Lipinski definition) is 6. The number of hydrogen-bond donors (Lipinski definition) is 0. The molecule has 2 saturated heterocycles. The van der Waals surface area contributed by atoms with Gasteiger partial charge in [0, 0.05) is 38.2 Å². The summed E-state index contributed by atoms with van der Waals surface area (Å²) in [7, 11) is 0. The molecular formula is C20H24N6. The van der Waals surface area contributed by atoms with Gasteiger partial charge in [-0.2, -0.15) is 5.26 Å². The van der Waals surface area contributed by atoms with Crippen LogP contribution in [0.5, 0.6) is 0 Å². The van der Waals surface area contributed by atoms with Gasteiger partial charge < -0.3 is 9.80 Å². The molecule has 1 unspecified atom stereocenters. The van der Waals surface area contributed by atoms with Crippen molar-refractivity contribution in [1.82, 2.24) is 15.0 Å². The third kappa shape index (κ3) is 3.48. The van der Waals surface area contributed by atoms with Crippen molar-refractivity contribution in [1.29, 1.82) is 5.26 Å². The van der Waals surface area contributed by atoms with Crippen molar-refractivity contribution in [3.63, 3.8) is 0 Å². The second-order valence-corrected chi connectivity index (χ2v) is 7.17. The lowest BCUT2D eigenvalue weighted by Crippen LogP contribution is -2.35. The Morgan fingerprint density at radius 3 is 2.62 bits per heavy atom. The van der Waals surface area contributed by atoms with Crippen molar-refractivity contribution in [2.45, 2.75) is 38.5 Å². The van der Waals surface area contributed by atoms with Gasteiger partial charge in [0.05, 0.1) is 5.69 Å². The second-order valence-electron chi connectivity index (χ2n) is 7.17. The van der Waals surface area contributed by atoms with Gasteiger partial charge in [0.2, 0.25) is 0 Å². The number of pyridine rings is 1. The summed E-state index contributed by atoms with van der Waals surface area (Å²) in [5, 5.41) is 9.10. The van der Waals surface area contributed by atoms with Crippen LogP contribution in [-0.4, -0.2) is 41.1 Å². The molecule has 0 N–H and O–H groups in total. The molecule has 0 spiro atoms. The lowest BCUT2D eigenvalue weighted by Gasteiger charge is -2.33. The third-order valence-electron chi connectivity index (χ3n) is 5.29. The van der Waals surface area contributed by atoms with E-state index in [0.29, 0.717) is 11.6 Å². The van der Waals surface area contributed by atoms with Crippen LogP contribution in [0.3, 0.4) is 0 Å². The normalized spacial score (nSPS) is 20.2. The van der Waals surface area contributed by atoms with E-state index in [-0.39, 0.29) is 0 Å². The molecule has 2 aliphatic rings. The predicted octanol–water partition coefficient (Wildman–Crippen LogP) is 3.04. The van der Waals surface area contributed by atoms with Crippen molar-refractivity contribution in [2.75, 3.05) is 36.0 Å². The molecule has 2 aromatic heterocycles. The maximum absolute atomic E-state index is 9.10. The number of rotatable bonds is 3. The fourth-order valence-corrected chi connectivity index (χ4v) is 3.98. The summed E-state index contributed by atoms with van der Waals surface area (Å²) in [6.45, 7) is 6.04. The van der Waals surface area contributed by atoms with Gasteiger partial charge in [-0.25, -0.2) is 15.0 Å². The van der Waals surface area contributed by atoms with Gasteiger partial charge >= 0.3 is 0 Å². The van der Waals surface area contributed by atoms with Gasteiger partial charge in [-0.05, 0) is 44.7 Å². The Labute approximate surface area is 154 Å². The molecule has 26 heavy (non-hydrogen) atoms. The van der Waals surface area contributed by atoms with E-state index >= 15 is 0 Å². The summed E-state index contributed by atoms with van der Waals surface area (Å²) in [6, 6.07) is 9.97. The summed E-state index contributed by atoms with van der Waals surface area (Å²) >= 11 is 0. The van der Waals surface area contributed by atoms with Crippen molar-refractivity contribution in [2.24, 2.45) is 0 Å². The first-order valence-electron chi connectivity index (χ1n) is 9.45. The number of anilines is 2. The van der Waals surface area contributed by atoms with E-state index in [4.69, 9.17) is 10.2 Å². The van der Waals surface area contributed by atoms with E-state index in [1.165, 1.54) is 12.8 Å². The zero-order chi connectivity index (χ0) is 17.9. The highest BCUT2D eigenvalue weighted by Gasteiger charge is 2.25. The molecule has 2 aliphatic heterocycles. The maximum Gasteiger partial charge on any atom is 0.142 e. The Hall–Kier alpha value is -2.68. The molecule has 4 rings (SSSR count). The Kier molecular flexibility index (Phi) is 4.70. The molecule has 0 aromatic carbocycles. The van der Waals surface area contributed by atoms with E-state index in [1.807, 2.05) is 19.1 Å². The highest BCUT2D eigenvalue weighted by molar-refractivity contribution is 5.45. The van der Waals surface area contributed by atoms with Crippen LogP contribution in [-0.2, 0) is 0 Å². The Bertz CT molecular complexity index is 821. The first-order valence-corrected chi connectivity index (χ1v) is 9.45. The zero-order valence-electron chi connectivity index (χ0n) is 15.2. The van der Waals surface area contributed by atoms with Gasteiger partial charge in [0.1, 0.15) is 29.2 Å². The molecule has 0 saturated carbocycles. The van der Waals surface area contributed by atoms with Crippen LogP contribution in [0.15, 0.2) is 24.3 Å². The molecule has 6 heteroatoms. The van der Waals surface area contributed by atoms with Crippen molar-refractivity contribution in [3.8, 4) is 6.07 Å². The summed E-state index contributed by atoms with van der Waals surface area (Å²) in [5.74, 6) is 3.19. The van der Waals surface area contributed by atoms with Crippen molar-refractivity contribution in [3.05, 3.63) is 41.5 Å². The maximum atomic E-state index is 9.10. The molecule has 0 amide bonds. The fraction of sp³-hybridized carbons (Fsp3) is 0.500. The molecule has 6 nitrogen and oxygen atoms in total. The third-order valence-corrected chi connectivity index (χ3v) is 5.29. The van der Waals surface area contributed by atoms with Crippen molar-refractivity contribution < 1.29 is 0 Å². The van der Waals surface area contributed by atoms with Crippen LogP contribution in [0.1, 0.15) is 48.8 Å². The highest BCUT2D eigenvalue weighted by atomic mass is 15.2. The minimum atomic E-state index is 0.374. The number of aromatic nitrogens is 3. The standard InChI is InChI=1S/C20H24N6/c1-15-22-18(12-20(23-15)25-9-2-3-10-25)16-6-5-11-26(14-16)19-8-4-7-17(13-21)24-19/h4,7-8,12,16H,2-3,5-6,9-11,14H2,1H3. The summed E-state index contributed by atoms with van der Waals surface area (Å²) in [5.41, 5.74) is 1.61. The Morgan fingerprint density at radius 2 is 1.81 bits per heavy atom. The fourth-order valence-electron chi connectivity index (χ4n) is 3.98. The van der Waals surface area contributed by atoms with E-state index in [2.05, 4.69) is 31.9 Å². The van der Waals surface area contributed by atoms with Gasteiger partial charge in [0.25, 0.3) is 0 Å². The molecule has 4 heterocycles. The molecule has 0 aliphatic carbocycles.